The van der Waals surface area contributed by atoms with Crippen molar-refractivity contribution < 1.29 is 4.39 Å². The van der Waals surface area contributed by atoms with E-state index in [1.165, 1.54) is 6.07 Å². The van der Waals surface area contributed by atoms with Gasteiger partial charge in [0.25, 0.3) is 0 Å². The molecule has 88 valence electrons. The van der Waals surface area contributed by atoms with Gasteiger partial charge >= 0.3 is 0 Å². The van der Waals surface area contributed by atoms with E-state index in [1.807, 2.05) is 18.2 Å². The predicted octanol–water partition coefficient (Wildman–Crippen LogP) is 3.24. The monoisotopic (exact) mass is 250 g/mol. The lowest BCUT2D eigenvalue weighted by Crippen LogP contribution is -1.95. The summed E-state index contributed by atoms with van der Waals surface area (Å²) in [5, 5.41) is 0.155. The van der Waals surface area contributed by atoms with Crippen molar-refractivity contribution in [1.29, 1.82) is 0 Å². The van der Waals surface area contributed by atoms with Gasteiger partial charge in [-0.05, 0) is 48.2 Å². The summed E-state index contributed by atoms with van der Waals surface area (Å²) in [7, 11) is 0. The fourth-order valence-electron chi connectivity index (χ4n) is 1.63. The first-order valence-corrected chi connectivity index (χ1v) is 5.67. The molecule has 2 aromatic rings. The van der Waals surface area contributed by atoms with Gasteiger partial charge in [0.1, 0.15) is 11.6 Å². The third-order valence-corrected chi connectivity index (χ3v) is 2.84. The van der Waals surface area contributed by atoms with Crippen LogP contribution in [0.2, 0.25) is 5.02 Å². The number of anilines is 1. The summed E-state index contributed by atoms with van der Waals surface area (Å²) < 4.78 is 13.2. The Morgan fingerprint density at radius 3 is 2.47 bits per heavy atom. The molecule has 0 radical (unpaired) electrons. The molecule has 0 aliphatic rings. The second kappa shape index (κ2) is 5.15. The number of nitrogens with zero attached hydrogens (tertiary/aromatic N) is 1. The van der Waals surface area contributed by atoms with Crippen LogP contribution in [0.4, 0.5) is 10.2 Å². The van der Waals surface area contributed by atoms with Gasteiger partial charge in [-0.25, -0.2) is 9.37 Å². The van der Waals surface area contributed by atoms with Gasteiger partial charge in [0, 0.05) is 6.20 Å². The van der Waals surface area contributed by atoms with Crippen molar-refractivity contribution in [3.63, 3.8) is 0 Å². The Hall–Kier alpha value is -1.61. The summed E-state index contributed by atoms with van der Waals surface area (Å²) in [6, 6.07) is 8.60. The highest BCUT2D eigenvalue weighted by Gasteiger charge is 2.02. The summed E-state index contributed by atoms with van der Waals surface area (Å²) in [5.74, 6) is 0.128. The number of hydrogen-bond acceptors (Lipinski definition) is 2. The van der Waals surface area contributed by atoms with Crippen molar-refractivity contribution in [3.8, 4) is 0 Å². The Morgan fingerprint density at radius 2 is 1.82 bits per heavy atom. The van der Waals surface area contributed by atoms with Gasteiger partial charge in [-0.3, -0.25) is 0 Å². The Balaban J connectivity index is 2.05. The van der Waals surface area contributed by atoms with Crippen LogP contribution in [0.3, 0.4) is 0 Å². The SMILES string of the molecule is Nc1cc(CCc2ccc(Cl)c(F)c2)ccn1. The Morgan fingerprint density at radius 1 is 1.12 bits per heavy atom. The van der Waals surface area contributed by atoms with Crippen LogP contribution in [0.25, 0.3) is 0 Å². The molecule has 0 saturated heterocycles. The van der Waals surface area contributed by atoms with Crippen LogP contribution in [0.1, 0.15) is 11.1 Å². The van der Waals surface area contributed by atoms with E-state index < -0.39 is 0 Å². The predicted molar refractivity (Wildman–Crippen MR) is 67.5 cm³/mol. The molecule has 4 heteroatoms. The molecule has 2 N–H and O–H groups in total. The number of aryl methyl sites for hydroxylation is 2. The molecule has 0 aliphatic carbocycles. The fraction of sp³-hybridized carbons (Fsp3) is 0.154. The molecule has 0 amide bonds. The molecule has 0 spiro atoms. The van der Waals surface area contributed by atoms with E-state index in [2.05, 4.69) is 4.98 Å². The smallest absolute Gasteiger partial charge is 0.142 e. The number of nitrogen functional groups attached to an aromatic ring is 1. The van der Waals surface area contributed by atoms with E-state index in [0.717, 1.165) is 24.0 Å². The van der Waals surface area contributed by atoms with E-state index in [1.54, 1.807) is 12.3 Å². The molecule has 0 bridgehead atoms. The van der Waals surface area contributed by atoms with Crippen LogP contribution in [-0.2, 0) is 12.8 Å². The summed E-state index contributed by atoms with van der Waals surface area (Å²) in [4.78, 5) is 3.92. The molecular formula is C13H12ClFN2. The molecule has 1 aromatic carbocycles. The highest BCUT2D eigenvalue weighted by atomic mass is 35.5. The highest BCUT2D eigenvalue weighted by molar-refractivity contribution is 6.30. The van der Waals surface area contributed by atoms with Crippen molar-refractivity contribution in [1.82, 2.24) is 4.98 Å². The molecule has 0 aliphatic heterocycles. The zero-order valence-corrected chi connectivity index (χ0v) is 9.91. The molecule has 2 rings (SSSR count). The zero-order valence-electron chi connectivity index (χ0n) is 9.16. The summed E-state index contributed by atoms with van der Waals surface area (Å²) in [6.07, 6.45) is 3.22. The third kappa shape index (κ3) is 3.17. The van der Waals surface area contributed by atoms with Gasteiger partial charge in [0.05, 0.1) is 5.02 Å². The first-order valence-electron chi connectivity index (χ1n) is 5.29. The lowest BCUT2D eigenvalue weighted by molar-refractivity contribution is 0.625. The Kier molecular flexibility index (Phi) is 3.59. The highest BCUT2D eigenvalue weighted by Crippen LogP contribution is 2.17. The molecule has 1 aromatic heterocycles. The molecule has 0 unspecified atom stereocenters. The van der Waals surface area contributed by atoms with Gasteiger partial charge in [-0.15, -0.1) is 0 Å². The lowest BCUT2D eigenvalue weighted by atomic mass is 10.1. The maximum Gasteiger partial charge on any atom is 0.142 e. The van der Waals surface area contributed by atoms with Crippen LogP contribution >= 0.6 is 11.6 Å². The number of halogens is 2. The number of pyridine rings is 1. The van der Waals surface area contributed by atoms with Crippen LogP contribution in [0.15, 0.2) is 36.5 Å². The summed E-state index contributed by atoms with van der Waals surface area (Å²) >= 11 is 5.62. The van der Waals surface area contributed by atoms with Gasteiger partial charge < -0.3 is 5.73 Å². The van der Waals surface area contributed by atoms with Crippen LogP contribution < -0.4 is 5.73 Å². The maximum absolute atomic E-state index is 13.2. The molecule has 0 fully saturated rings. The second-order valence-electron chi connectivity index (χ2n) is 3.84. The van der Waals surface area contributed by atoms with E-state index in [-0.39, 0.29) is 10.8 Å². The molecular weight excluding hydrogens is 239 g/mol. The average Bonchev–Trinajstić information content (AvgIpc) is 2.31. The molecule has 0 atom stereocenters. The molecule has 1 heterocycles. The maximum atomic E-state index is 13.2. The number of rotatable bonds is 3. The molecule has 17 heavy (non-hydrogen) atoms. The van der Waals surface area contributed by atoms with Crippen LogP contribution in [-0.4, -0.2) is 4.98 Å². The van der Waals surface area contributed by atoms with Crippen molar-refractivity contribution >= 4 is 17.4 Å². The largest absolute Gasteiger partial charge is 0.384 e. The standard InChI is InChI=1S/C13H12ClFN2/c14-11-4-3-9(7-12(11)15)1-2-10-5-6-17-13(16)8-10/h3-8H,1-2H2,(H2,16,17). The normalized spacial score (nSPS) is 10.5. The summed E-state index contributed by atoms with van der Waals surface area (Å²) in [6.45, 7) is 0. The van der Waals surface area contributed by atoms with Crippen molar-refractivity contribution in [2.75, 3.05) is 5.73 Å². The van der Waals surface area contributed by atoms with Crippen molar-refractivity contribution in [2.24, 2.45) is 0 Å². The first kappa shape index (κ1) is 11.9. The third-order valence-electron chi connectivity index (χ3n) is 2.53. The van der Waals surface area contributed by atoms with Gasteiger partial charge in [-0.2, -0.15) is 0 Å². The average molecular weight is 251 g/mol. The number of hydrogen-bond donors (Lipinski definition) is 1. The first-order chi connectivity index (χ1) is 8.15. The topological polar surface area (TPSA) is 38.9 Å². The van der Waals surface area contributed by atoms with Crippen molar-refractivity contribution in [2.45, 2.75) is 12.8 Å². The van der Waals surface area contributed by atoms with Gasteiger partial charge in [0.15, 0.2) is 0 Å². The second-order valence-corrected chi connectivity index (χ2v) is 4.24. The van der Waals surface area contributed by atoms with Gasteiger partial charge in [0.2, 0.25) is 0 Å². The minimum Gasteiger partial charge on any atom is -0.384 e. The van der Waals surface area contributed by atoms with Crippen LogP contribution in [0, 0.1) is 5.82 Å². The Labute approximate surface area is 104 Å². The van der Waals surface area contributed by atoms with E-state index in [0.29, 0.717) is 5.82 Å². The molecule has 0 saturated carbocycles. The summed E-state index contributed by atoms with van der Waals surface area (Å²) in [5.41, 5.74) is 7.59. The van der Waals surface area contributed by atoms with E-state index >= 15 is 0 Å². The van der Waals surface area contributed by atoms with Crippen molar-refractivity contribution in [3.05, 3.63) is 58.5 Å². The van der Waals surface area contributed by atoms with E-state index in [4.69, 9.17) is 17.3 Å². The van der Waals surface area contributed by atoms with Crippen LogP contribution in [0.5, 0.6) is 0 Å². The lowest BCUT2D eigenvalue weighted by Gasteiger charge is -2.03. The van der Waals surface area contributed by atoms with Gasteiger partial charge in [-0.1, -0.05) is 17.7 Å². The number of benzene rings is 1. The Bertz CT molecular complexity index is 529. The molecule has 2 nitrogen and oxygen atoms in total. The van der Waals surface area contributed by atoms with E-state index in [9.17, 15) is 4.39 Å². The quantitative estimate of drug-likeness (QED) is 0.908. The minimum atomic E-state index is -0.376. The number of nitrogens with two attached hydrogens (primary N) is 1. The fourth-order valence-corrected chi connectivity index (χ4v) is 1.75. The number of aromatic nitrogens is 1. The zero-order chi connectivity index (χ0) is 12.3. The minimum absolute atomic E-state index is 0.155.